The zero-order valence-electron chi connectivity index (χ0n) is 10.2. The van der Waals surface area contributed by atoms with Crippen molar-refractivity contribution in [2.24, 2.45) is 0 Å². The van der Waals surface area contributed by atoms with Gasteiger partial charge in [-0.05, 0) is 28.3 Å². The molecule has 1 heteroatoms. The van der Waals surface area contributed by atoms with E-state index >= 15 is 0 Å². The first-order valence-corrected chi connectivity index (χ1v) is 6.47. The Hall–Kier alpha value is -2.54. The molecule has 1 nitrogen and oxygen atoms in total. The molecule has 1 aliphatic heterocycles. The monoisotopic (exact) mass is 242 g/mol. The molecular formula is C18H10O. The SMILES string of the molecule is c1ccc2c3c4c(c5ccccc5cc4cc2c1)O3. The lowest BCUT2D eigenvalue weighted by Crippen LogP contribution is -1.99. The van der Waals surface area contributed by atoms with Gasteiger partial charge in [-0.1, -0.05) is 48.5 Å². The molecule has 0 aliphatic carbocycles. The Labute approximate surface area is 110 Å². The average molecular weight is 242 g/mol. The topological polar surface area (TPSA) is 9.23 Å². The number of ether oxygens (including phenoxy) is 1. The Morgan fingerprint density at radius 1 is 0.579 bits per heavy atom. The molecule has 4 aromatic rings. The maximum atomic E-state index is 6.00. The Morgan fingerprint density at radius 2 is 1.11 bits per heavy atom. The summed E-state index contributed by atoms with van der Waals surface area (Å²) in [6, 6.07) is 21.3. The highest BCUT2D eigenvalue weighted by Gasteiger charge is 2.24. The standard InChI is InChI=1S/C18H10O/c1-3-7-14-11(5-1)9-13-10-12-6-2-4-8-15(12)18-16(13)17(14)19-18/h1-10H. The first kappa shape index (κ1) is 9.40. The van der Waals surface area contributed by atoms with Crippen LogP contribution in [0.5, 0.6) is 11.5 Å². The zero-order valence-corrected chi connectivity index (χ0v) is 10.2. The summed E-state index contributed by atoms with van der Waals surface area (Å²) in [5.74, 6) is 2.07. The van der Waals surface area contributed by atoms with Crippen LogP contribution in [-0.2, 0) is 0 Å². The molecule has 0 unspecified atom stereocenters. The van der Waals surface area contributed by atoms with Crippen molar-refractivity contribution < 1.29 is 4.74 Å². The van der Waals surface area contributed by atoms with E-state index in [1.54, 1.807) is 0 Å². The molecule has 0 saturated heterocycles. The lowest BCUT2D eigenvalue weighted by atomic mass is 9.94. The molecule has 5 rings (SSSR count). The fraction of sp³-hybridized carbons (Fsp3) is 0. The molecular weight excluding hydrogens is 232 g/mol. The quantitative estimate of drug-likeness (QED) is 0.337. The molecule has 0 spiro atoms. The molecule has 0 fully saturated rings. The van der Waals surface area contributed by atoms with Gasteiger partial charge in [-0.2, -0.15) is 0 Å². The third kappa shape index (κ3) is 1.06. The second kappa shape index (κ2) is 3.07. The molecule has 0 amide bonds. The number of fused-ring (bicyclic) bond motifs is 4. The van der Waals surface area contributed by atoms with Gasteiger partial charge >= 0.3 is 0 Å². The third-order valence-corrected chi connectivity index (χ3v) is 3.98. The van der Waals surface area contributed by atoms with Crippen molar-refractivity contribution in [1.82, 2.24) is 0 Å². The van der Waals surface area contributed by atoms with E-state index < -0.39 is 0 Å². The largest absolute Gasteiger partial charge is 0.454 e. The molecule has 0 radical (unpaired) electrons. The summed E-state index contributed by atoms with van der Waals surface area (Å²) in [5, 5.41) is 7.44. The van der Waals surface area contributed by atoms with Crippen LogP contribution in [0.15, 0.2) is 60.7 Å². The predicted octanol–water partition coefficient (Wildman–Crippen LogP) is 5.25. The Morgan fingerprint density at radius 3 is 1.68 bits per heavy atom. The van der Waals surface area contributed by atoms with E-state index in [-0.39, 0.29) is 0 Å². The average Bonchev–Trinajstić information content (AvgIpc) is 2.41. The van der Waals surface area contributed by atoms with Crippen molar-refractivity contribution in [2.45, 2.75) is 0 Å². The number of benzene rings is 4. The van der Waals surface area contributed by atoms with Crippen LogP contribution >= 0.6 is 0 Å². The molecule has 1 aliphatic rings. The molecule has 0 aromatic heterocycles. The summed E-state index contributed by atoms with van der Waals surface area (Å²) in [7, 11) is 0. The second-order valence-corrected chi connectivity index (χ2v) is 5.05. The summed E-state index contributed by atoms with van der Waals surface area (Å²) >= 11 is 0. The predicted molar refractivity (Wildman–Crippen MR) is 79.0 cm³/mol. The van der Waals surface area contributed by atoms with Crippen molar-refractivity contribution in [3.63, 3.8) is 0 Å². The summed E-state index contributed by atoms with van der Waals surface area (Å²) in [6.07, 6.45) is 0. The lowest BCUT2D eigenvalue weighted by molar-refractivity contribution is 0.473. The normalized spacial score (nSPS) is 12.6. The Bertz CT molecular complexity index is 906. The minimum Gasteiger partial charge on any atom is -0.454 e. The summed E-state index contributed by atoms with van der Waals surface area (Å²) < 4.78 is 6.00. The van der Waals surface area contributed by atoms with Crippen LogP contribution in [0.1, 0.15) is 0 Å². The van der Waals surface area contributed by atoms with Gasteiger partial charge in [-0.25, -0.2) is 0 Å². The first-order valence-electron chi connectivity index (χ1n) is 6.47. The molecule has 4 aromatic carbocycles. The minimum absolute atomic E-state index is 1.04. The smallest absolute Gasteiger partial charge is 0.146 e. The van der Waals surface area contributed by atoms with E-state index in [2.05, 4.69) is 60.7 Å². The maximum Gasteiger partial charge on any atom is 0.146 e. The molecule has 0 N–H and O–H groups in total. The fourth-order valence-electron chi connectivity index (χ4n) is 3.08. The van der Waals surface area contributed by atoms with E-state index in [4.69, 9.17) is 4.74 Å². The minimum atomic E-state index is 1.04. The molecule has 0 atom stereocenters. The van der Waals surface area contributed by atoms with Gasteiger partial charge in [-0.15, -0.1) is 0 Å². The van der Waals surface area contributed by atoms with E-state index in [1.165, 1.54) is 32.3 Å². The van der Waals surface area contributed by atoms with Crippen molar-refractivity contribution in [3.8, 4) is 11.5 Å². The van der Waals surface area contributed by atoms with Crippen molar-refractivity contribution in [1.29, 1.82) is 0 Å². The van der Waals surface area contributed by atoms with Gasteiger partial charge in [-0.3, -0.25) is 0 Å². The number of hydrogen-bond acceptors (Lipinski definition) is 1. The zero-order chi connectivity index (χ0) is 12.4. The molecule has 1 heterocycles. The van der Waals surface area contributed by atoms with Crippen LogP contribution in [0.2, 0.25) is 0 Å². The van der Waals surface area contributed by atoms with Crippen molar-refractivity contribution in [3.05, 3.63) is 60.7 Å². The molecule has 0 saturated carbocycles. The van der Waals surface area contributed by atoms with Crippen molar-refractivity contribution in [2.75, 3.05) is 0 Å². The van der Waals surface area contributed by atoms with E-state index in [9.17, 15) is 0 Å². The van der Waals surface area contributed by atoms with Crippen LogP contribution in [0.4, 0.5) is 0 Å². The van der Waals surface area contributed by atoms with Crippen molar-refractivity contribution >= 4 is 32.3 Å². The summed E-state index contributed by atoms with van der Waals surface area (Å²) in [5.41, 5.74) is 0. The van der Waals surface area contributed by atoms with Crippen LogP contribution < -0.4 is 4.74 Å². The Kier molecular flexibility index (Phi) is 1.52. The van der Waals surface area contributed by atoms with E-state index in [0.717, 1.165) is 11.5 Å². The van der Waals surface area contributed by atoms with Crippen LogP contribution in [0.3, 0.4) is 0 Å². The summed E-state index contributed by atoms with van der Waals surface area (Å²) in [4.78, 5) is 0. The third-order valence-electron chi connectivity index (χ3n) is 3.98. The van der Waals surface area contributed by atoms with Gasteiger partial charge < -0.3 is 4.74 Å². The highest BCUT2D eigenvalue weighted by atomic mass is 16.5. The van der Waals surface area contributed by atoms with Gasteiger partial charge in [0.15, 0.2) is 0 Å². The van der Waals surface area contributed by atoms with E-state index in [1.807, 2.05) is 0 Å². The maximum absolute atomic E-state index is 6.00. The Balaban J connectivity index is 2.09. The summed E-state index contributed by atoms with van der Waals surface area (Å²) in [6.45, 7) is 0. The van der Waals surface area contributed by atoms with Gasteiger partial charge in [0.05, 0.1) is 5.39 Å². The molecule has 19 heavy (non-hydrogen) atoms. The van der Waals surface area contributed by atoms with Crippen LogP contribution in [0, 0.1) is 0 Å². The molecule has 88 valence electrons. The van der Waals surface area contributed by atoms with E-state index in [0.29, 0.717) is 0 Å². The number of hydrogen-bond donors (Lipinski definition) is 0. The molecule has 0 bridgehead atoms. The van der Waals surface area contributed by atoms with Gasteiger partial charge in [0.25, 0.3) is 0 Å². The van der Waals surface area contributed by atoms with Crippen LogP contribution in [0.25, 0.3) is 32.3 Å². The van der Waals surface area contributed by atoms with Gasteiger partial charge in [0.1, 0.15) is 11.5 Å². The fourth-order valence-corrected chi connectivity index (χ4v) is 3.08. The highest BCUT2D eigenvalue weighted by Crippen LogP contribution is 2.53. The van der Waals surface area contributed by atoms with Gasteiger partial charge in [0.2, 0.25) is 0 Å². The number of rotatable bonds is 0. The second-order valence-electron chi connectivity index (χ2n) is 5.05. The highest BCUT2D eigenvalue weighted by molar-refractivity contribution is 6.18. The first-order chi connectivity index (χ1) is 9.42. The lowest BCUT2D eigenvalue weighted by Gasteiger charge is -2.24. The van der Waals surface area contributed by atoms with Crippen LogP contribution in [-0.4, -0.2) is 0 Å². The van der Waals surface area contributed by atoms with Gasteiger partial charge in [0, 0.05) is 10.8 Å².